The second-order valence-electron chi connectivity index (χ2n) is 6.64. The van der Waals surface area contributed by atoms with Crippen LogP contribution in [0.1, 0.15) is 26.5 Å². The summed E-state index contributed by atoms with van der Waals surface area (Å²) in [7, 11) is 0. The Morgan fingerprint density at radius 3 is 2.57 bits per heavy atom. The highest BCUT2D eigenvalue weighted by atomic mass is 35.5. The Kier molecular flexibility index (Phi) is 5.12. The molecule has 0 bridgehead atoms. The number of aromatic nitrogens is 1. The van der Waals surface area contributed by atoms with Crippen molar-refractivity contribution in [3.8, 4) is 11.1 Å². The highest BCUT2D eigenvalue weighted by molar-refractivity contribution is 7.11. The van der Waals surface area contributed by atoms with Gasteiger partial charge in [-0.25, -0.2) is 0 Å². The lowest BCUT2D eigenvalue weighted by molar-refractivity contribution is 0.104. The molecule has 0 fully saturated rings. The van der Waals surface area contributed by atoms with Crippen LogP contribution in [0.4, 0.5) is 0 Å². The summed E-state index contributed by atoms with van der Waals surface area (Å²) in [6, 6.07) is 17.6. The zero-order valence-corrected chi connectivity index (χ0v) is 17.1. The standard InChI is InChI=1S/C24H18ClNOS/c1-15-12-13-28-22(15)11-10-21(27)23-16(2)26-20-9-8-18(25)14-19(20)24(23)17-6-4-3-5-7-17/h3-14H,1-2H3/b11-10+. The van der Waals surface area contributed by atoms with Crippen LogP contribution in [0.25, 0.3) is 28.1 Å². The van der Waals surface area contributed by atoms with Gasteiger partial charge in [0, 0.05) is 26.5 Å². The van der Waals surface area contributed by atoms with Crippen LogP contribution in [0.5, 0.6) is 0 Å². The Balaban J connectivity index is 1.94. The summed E-state index contributed by atoms with van der Waals surface area (Å²) in [5, 5.41) is 3.53. The highest BCUT2D eigenvalue weighted by Crippen LogP contribution is 2.35. The molecule has 0 N–H and O–H groups in total. The summed E-state index contributed by atoms with van der Waals surface area (Å²) < 4.78 is 0. The SMILES string of the molecule is Cc1ccsc1/C=C/C(=O)c1c(C)nc2ccc(Cl)cc2c1-c1ccccc1. The Labute approximate surface area is 173 Å². The molecule has 0 aliphatic rings. The van der Waals surface area contributed by atoms with Crippen molar-refractivity contribution in [2.45, 2.75) is 13.8 Å². The molecule has 2 nitrogen and oxygen atoms in total. The van der Waals surface area contributed by atoms with Crippen molar-refractivity contribution in [2.24, 2.45) is 0 Å². The maximum atomic E-state index is 13.2. The van der Waals surface area contributed by atoms with E-state index in [0.717, 1.165) is 32.5 Å². The number of hydrogen-bond donors (Lipinski definition) is 0. The van der Waals surface area contributed by atoms with Gasteiger partial charge in [-0.1, -0.05) is 41.9 Å². The monoisotopic (exact) mass is 403 g/mol. The minimum atomic E-state index is -0.0569. The van der Waals surface area contributed by atoms with Gasteiger partial charge in [0.2, 0.25) is 0 Å². The first-order valence-corrected chi connectivity index (χ1v) is 10.2. The van der Waals surface area contributed by atoms with Gasteiger partial charge >= 0.3 is 0 Å². The van der Waals surface area contributed by atoms with Crippen LogP contribution in [0, 0.1) is 13.8 Å². The molecule has 0 amide bonds. The maximum Gasteiger partial charge on any atom is 0.188 e. The number of carbonyl (C=O) groups is 1. The van der Waals surface area contributed by atoms with Gasteiger partial charge < -0.3 is 0 Å². The van der Waals surface area contributed by atoms with E-state index in [1.54, 1.807) is 17.4 Å². The number of halogens is 1. The first-order chi connectivity index (χ1) is 13.5. The molecular formula is C24H18ClNOS. The second-order valence-corrected chi connectivity index (χ2v) is 8.02. The minimum Gasteiger partial charge on any atom is -0.289 e. The number of allylic oxidation sites excluding steroid dienone is 1. The number of fused-ring (bicyclic) bond motifs is 1. The van der Waals surface area contributed by atoms with Gasteiger partial charge in [0.25, 0.3) is 0 Å². The Morgan fingerprint density at radius 2 is 1.86 bits per heavy atom. The van der Waals surface area contributed by atoms with Crippen molar-refractivity contribution in [1.82, 2.24) is 4.98 Å². The summed E-state index contributed by atoms with van der Waals surface area (Å²) in [5.74, 6) is -0.0569. The molecule has 0 aliphatic carbocycles. The van der Waals surface area contributed by atoms with Crippen LogP contribution in [0.15, 0.2) is 66.1 Å². The summed E-state index contributed by atoms with van der Waals surface area (Å²) in [4.78, 5) is 19.0. The third-order valence-electron chi connectivity index (χ3n) is 4.72. The number of ketones is 1. The van der Waals surface area contributed by atoms with Crippen LogP contribution < -0.4 is 0 Å². The fourth-order valence-electron chi connectivity index (χ4n) is 3.35. The first kappa shape index (κ1) is 18.6. The molecule has 2 heterocycles. The van der Waals surface area contributed by atoms with Crippen LogP contribution in [0.2, 0.25) is 5.02 Å². The fraction of sp³-hybridized carbons (Fsp3) is 0.0833. The van der Waals surface area contributed by atoms with Crippen molar-refractivity contribution < 1.29 is 4.79 Å². The molecular weight excluding hydrogens is 386 g/mol. The van der Waals surface area contributed by atoms with Gasteiger partial charge in [0.1, 0.15) is 0 Å². The van der Waals surface area contributed by atoms with Gasteiger partial charge in [-0.3, -0.25) is 9.78 Å². The predicted octanol–water partition coefficient (Wildman–Crippen LogP) is 7.13. The summed E-state index contributed by atoms with van der Waals surface area (Å²) in [6.07, 6.45) is 3.53. The van der Waals surface area contributed by atoms with E-state index in [1.165, 1.54) is 0 Å². The number of benzene rings is 2. The zero-order valence-electron chi connectivity index (χ0n) is 15.6. The van der Waals surface area contributed by atoms with Crippen molar-refractivity contribution in [3.05, 3.63) is 92.8 Å². The molecule has 0 atom stereocenters. The molecule has 0 aliphatic heterocycles. The van der Waals surface area contributed by atoms with Crippen molar-refractivity contribution in [1.29, 1.82) is 0 Å². The molecule has 2 aromatic heterocycles. The number of nitrogens with zero attached hydrogens (tertiary/aromatic N) is 1. The van der Waals surface area contributed by atoms with Crippen molar-refractivity contribution in [3.63, 3.8) is 0 Å². The van der Waals surface area contributed by atoms with Gasteiger partial charge in [-0.2, -0.15) is 0 Å². The lowest BCUT2D eigenvalue weighted by Crippen LogP contribution is -2.05. The zero-order chi connectivity index (χ0) is 19.7. The van der Waals surface area contributed by atoms with E-state index in [0.29, 0.717) is 16.3 Å². The number of hydrogen-bond acceptors (Lipinski definition) is 3. The van der Waals surface area contributed by atoms with Gasteiger partial charge in [0.15, 0.2) is 5.78 Å². The Morgan fingerprint density at radius 1 is 1.07 bits per heavy atom. The molecule has 0 saturated heterocycles. The van der Waals surface area contributed by atoms with E-state index < -0.39 is 0 Å². The lowest BCUT2D eigenvalue weighted by Gasteiger charge is -2.14. The molecule has 4 aromatic rings. The number of rotatable bonds is 4. The molecule has 4 rings (SSSR count). The average Bonchev–Trinajstić information content (AvgIpc) is 3.11. The molecule has 4 heteroatoms. The third kappa shape index (κ3) is 3.51. The van der Waals surface area contributed by atoms with E-state index in [-0.39, 0.29) is 5.78 Å². The highest BCUT2D eigenvalue weighted by Gasteiger charge is 2.19. The summed E-state index contributed by atoms with van der Waals surface area (Å²) >= 11 is 7.89. The van der Waals surface area contributed by atoms with Gasteiger partial charge in [-0.05, 0) is 66.8 Å². The quantitative estimate of drug-likeness (QED) is 0.268. The van der Waals surface area contributed by atoms with Gasteiger partial charge in [-0.15, -0.1) is 11.3 Å². The van der Waals surface area contributed by atoms with Crippen LogP contribution in [-0.2, 0) is 0 Å². The lowest BCUT2D eigenvalue weighted by atomic mass is 9.92. The minimum absolute atomic E-state index is 0.0569. The molecule has 0 saturated carbocycles. The second kappa shape index (κ2) is 7.70. The summed E-state index contributed by atoms with van der Waals surface area (Å²) in [6.45, 7) is 3.93. The molecule has 138 valence electrons. The molecule has 2 aromatic carbocycles. The molecule has 0 spiro atoms. The average molecular weight is 404 g/mol. The largest absolute Gasteiger partial charge is 0.289 e. The van der Waals surface area contributed by atoms with E-state index in [4.69, 9.17) is 11.6 Å². The Bertz CT molecular complexity index is 1210. The van der Waals surface area contributed by atoms with E-state index in [2.05, 4.69) is 11.1 Å². The van der Waals surface area contributed by atoms with Gasteiger partial charge in [0.05, 0.1) is 11.1 Å². The smallest absolute Gasteiger partial charge is 0.188 e. The normalized spacial score (nSPS) is 11.4. The van der Waals surface area contributed by atoms with E-state index >= 15 is 0 Å². The Hall–Kier alpha value is -2.75. The topological polar surface area (TPSA) is 30.0 Å². The fourth-order valence-corrected chi connectivity index (χ4v) is 4.35. The van der Waals surface area contributed by atoms with Crippen LogP contribution in [-0.4, -0.2) is 10.8 Å². The number of thiophene rings is 1. The van der Waals surface area contributed by atoms with Crippen LogP contribution in [0.3, 0.4) is 0 Å². The van der Waals surface area contributed by atoms with Crippen LogP contribution >= 0.6 is 22.9 Å². The predicted molar refractivity (Wildman–Crippen MR) is 119 cm³/mol. The van der Waals surface area contributed by atoms with Crippen molar-refractivity contribution in [2.75, 3.05) is 0 Å². The maximum absolute atomic E-state index is 13.2. The molecule has 0 radical (unpaired) electrons. The van der Waals surface area contributed by atoms with E-state index in [9.17, 15) is 4.79 Å². The van der Waals surface area contributed by atoms with E-state index in [1.807, 2.05) is 73.8 Å². The molecule has 28 heavy (non-hydrogen) atoms. The first-order valence-electron chi connectivity index (χ1n) is 8.96. The number of pyridine rings is 1. The number of carbonyl (C=O) groups excluding carboxylic acids is 1. The van der Waals surface area contributed by atoms with Crippen molar-refractivity contribution >= 4 is 45.7 Å². The number of aryl methyl sites for hydroxylation is 2. The molecule has 0 unspecified atom stereocenters. The summed E-state index contributed by atoms with van der Waals surface area (Å²) in [5.41, 5.74) is 5.18. The third-order valence-corrected chi connectivity index (χ3v) is 5.94.